The molecule has 2 heterocycles. The molecular weight excluding hydrogens is 428 g/mol. The van der Waals surface area contributed by atoms with E-state index < -0.39 is 0 Å². The Balaban J connectivity index is 1.25. The van der Waals surface area contributed by atoms with Gasteiger partial charge in [0, 0.05) is 46.8 Å². The van der Waals surface area contributed by atoms with E-state index in [1.807, 2.05) is 18.2 Å². The molecule has 5 rings (SSSR count). The minimum absolute atomic E-state index is 0.195. The van der Waals surface area contributed by atoms with Gasteiger partial charge < -0.3 is 24.1 Å². The highest BCUT2D eigenvalue weighted by molar-refractivity contribution is 6.17. The fraction of sp³-hybridized carbons (Fsp3) is 0.160. The lowest BCUT2D eigenvalue weighted by Gasteiger charge is -2.09. The number of fused-ring (bicyclic) bond motifs is 2. The number of hydrogen-bond acceptors (Lipinski definition) is 4. The molecule has 0 radical (unpaired) electrons. The molecule has 0 saturated heterocycles. The predicted molar refractivity (Wildman–Crippen MR) is 124 cm³/mol. The van der Waals surface area contributed by atoms with Crippen molar-refractivity contribution in [3.8, 4) is 23.0 Å². The highest BCUT2D eigenvalue weighted by Crippen LogP contribution is 2.34. The van der Waals surface area contributed by atoms with Crippen LogP contribution in [0, 0.1) is 0 Å². The first-order valence-electron chi connectivity index (χ1n) is 10.3. The van der Waals surface area contributed by atoms with Crippen LogP contribution in [0.4, 0.5) is 5.69 Å². The second-order valence-electron chi connectivity index (χ2n) is 7.42. The van der Waals surface area contributed by atoms with Crippen LogP contribution in [-0.4, -0.2) is 23.1 Å². The molecule has 32 heavy (non-hydrogen) atoms. The van der Waals surface area contributed by atoms with Crippen molar-refractivity contribution in [2.45, 2.75) is 13.0 Å². The van der Waals surface area contributed by atoms with Gasteiger partial charge in [-0.05, 0) is 67.1 Å². The average Bonchev–Trinajstić information content (AvgIpc) is 3.44. The second-order valence-corrected chi connectivity index (χ2v) is 7.80. The summed E-state index contributed by atoms with van der Waals surface area (Å²) in [4.78, 5) is 12.6. The number of rotatable bonds is 7. The first-order valence-corrected chi connectivity index (χ1v) is 10.9. The normalized spacial score (nSPS) is 12.2. The van der Waals surface area contributed by atoms with Crippen molar-refractivity contribution in [2.24, 2.45) is 0 Å². The van der Waals surface area contributed by atoms with E-state index in [2.05, 4.69) is 22.1 Å². The fourth-order valence-electron chi connectivity index (χ4n) is 3.65. The molecule has 7 heteroatoms. The number of nitrogens with zero attached hydrogens (tertiary/aromatic N) is 1. The summed E-state index contributed by atoms with van der Waals surface area (Å²) in [5.74, 6) is 3.13. The molecule has 4 aromatic rings. The summed E-state index contributed by atoms with van der Waals surface area (Å²) in [7, 11) is 0. The third-order valence-corrected chi connectivity index (χ3v) is 5.53. The van der Waals surface area contributed by atoms with Gasteiger partial charge in [0.05, 0.1) is 0 Å². The number of nitrogens with one attached hydrogen (secondary N) is 1. The molecule has 0 atom stereocenters. The number of ether oxygens (including phenoxy) is 3. The number of hydrogen-bond donors (Lipinski definition) is 1. The van der Waals surface area contributed by atoms with E-state index in [1.165, 1.54) is 0 Å². The van der Waals surface area contributed by atoms with Crippen molar-refractivity contribution in [3.63, 3.8) is 0 Å². The van der Waals surface area contributed by atoms with Crippen LogP contribution in [0.25, 0.3) is 10.9 Å². The number of alkyl halides is 1. The summed E-state index contributed by atoms with van der Waals surface area (Å²) in [5, 5.41) is 3.98. The number of halogens is 1. The molecule has 1 amide bonds. The standard InChI is InChI=1S/C25H21ClN2O4/c26-11-1-12-28-13-10-18-14-21(7-8-22(18)28)32-20-5-2-17(3-6-20)25(29)27-19-4-9-23-24(15-19)31-16-30-23/h2-10,13-15H,1,11-12,16H2,(H,27,29). The predicted octanol–water partition coefficient (Wildman–Crippen LogP) is 6.04. The van der Waals surface area contributed by atoms with Crippen molar-refractivity contribution >= 4 is 34.1 Å². The van der Waals surface area contributed by atoms with E-state index in [0.717, 1.165) is 29.6 Å². The largest absolute Gasteiger partial charge is 0.457 e. The van der Waals surface area contributed by atoms with Gasteiger partial charge in [0.1, 0.15) is 11.5 Å². The van der Waals surface area contributed by atoms with E-state index >= 15 is 0 Å². The first kappa shape index (κ1) is 20.3. The number of anilines is 1. The van der Waals surface area contributed by atoms with Crippen molar-refractivity contribution in [2.75, 3.05) is 18.0 Å². The number of aromatic nitrogens is 1. The molecule has 0 unspecified atom stereocenters. The third-order valence-electron chi connectivity index (χ3n) is 5.26. The van der Waals surface area contributed by atoms with E-state index in [0.29, 0.717) is 34.4 Å². The van der Waals surface area contributed by atoms with Crippen molar-refractivity contribution in [3.05, 3.63) is 78.5 Å². The fourth-order valence-corrected chi connectivity index (χ4v) is 3.77. The lowest BCUT2D eigenvalue weighted by molar-refractivity contribution is 0.102. The van der Waals surface area contributed by atoms with Gasteiger partial charge in [0.25, 0.3) is 5.91 Å². The molecule has 1 aliphatic rings. The third kappa shape index (κ3) is 4.22. The zero-order valence-corrected chi connectivity index (χ0v) is 18.0. The van der Waals surface area contributed by atoms with Crippen molar-refractivity contribution < 1.29 is 19.0 Å². The summed E-state index contributed by atoms with van der Waals surface area (Å²) in [6.07, 6.45) is 2.99. The maximum Gasteiger partial charge on any atom is 0.255 e. The highest BCUT2D eigenvalue weighted by atomic mass is 35.5. The topological polar surface area (TPSA) is 61.7 Å². The lowest BCUT2D eigenvalue weighted by Crippen LogP contribution is -2.11. The van der Waals surface area contributed by atoms with Gasteiger partial charge in [0.2, 0.25) is 6.79 Å². The SMILES string of the molecule is O=C(Nc1ccc2c(c1)OCO2)c1ccc(Oc2ccc3c(ccn3CCCCl)c2)cc1. The molecule has 0 fully saturated rings. The second kappa shape index (κ2) is 8.85. The van der Waals surface area contributed by atoms with Crippen LogP contribution in [-0.2, 0) is 6.54 Å². The van der Waals surface area contributed by atoms with E-state index in [4.69, 9.17) is 25.8 Å². The van der Waals surface area contributed by atoms with Gasteiger partial charge in [-0.1, -0.05) is 0 Å². The van der Waals surface area contributed by atoms with Gasteiger partial charge in [-0.15, -0.1) is 11.6 Å². The Bertz CT molecular complexity index is 1270. The van der Waals surface area contributed by atoms with Gasteiger partial charge in [-0.25, -0.2) is 0 Å². The number of benzene rings is 3. The van der Waals surface area contributed by atoms with Crippen LogP contribution in [0.2, 0.25) is 0 Å². The Labute approximate surface area is 190 Å². The molecular formula is C25H21ClN2O4. The van der Waals surface area contributed by atoms with Gasteiger partial charge in [-0.2, -0.15) is 0 Å². The monoisotopic (exact) mass is 448 g/mol. The van der Waals surface area contributed by atoms with Gasteiger partial charge in [0.15, 0.2) is 11.5 Å². The van der Waals surface area contributed by atoms with E-state index in [9.17, 15) is 4.79 Å². The van der Waals surface area contributed by atoms with Crippen LogP contribution in [0.1, 0.15) is 16.8 Å². The molecule has 6 nitrogen and oxygen atoms in total. The Kier molecular flexibility index (Phi) is 5.60. The highest BCUT2D eigenvalue weighted by Gasteiger charge is 2.15. The summed E-state index contributed by atoms with van der Waals surface area (Å²) >= 11 is 5.81. The van der Waals surface area contributed by atoms with Crippen LogP contribution in [0.15, 0.2) is 72.9 Å². The number of carbonyl (C=O) groups excluding carboxylic acids is 1. The number of aryl methyl sites for hydroxylation is 1. The minimum Gasteiger partial charge on any atom is -0.457 e. The quantitative estimate of drug-likeness (QED) is 0.350. The van der Waals surface area contributed by atoms with Crippen molar-refractivity contribution in [1.29, 1.82) is 0 Å². The molecule has 0 spiro atoms. The Morgan fingerprint density at radius 2 is 1.78 bits per heavy atom. The number of amides is 1. The van der Waals surface area contributed by atoms with Crippen LogP contribution < -0.4 is 19.5 Å². The summed E-state index contributed by atoms with van der Waals surface area (Å²) in [6.45, 7) is 1.09. The smallest absolute Gasteiger partial charge is 0.255 e. The molecule has 1 aliphatic heterocycles. The summed E-state index contributed by atoms with van der Waals surface area (Å²) in [6, 6.07) is 20.4. The maximum atomic E-state index is 12.6. The molecule has 1 N–H and O–H groups in total. The molecule has 162 valence electrons. The van der Waals surface area contributed by atoms with Gasteiger partial charge >= 0.3 is 0 Å². The summed E-state index contributed by atoms with van der Waals surface area (Å²) in [5.41, 5.74) is 2.32. The first-order chi connectivity index (χ1) is 15.7. The van der Waals surface area contributed by atoms with E-state index in [-0.39, 0.29) is 12.7 Å². The van der Waals surface area contributed by atoms with Crippen molar-refractivity contribution in [1.82, 2.24) is 4.57 Å². The molecule has 0 saturated carbocycles. The Hall–Kier alpha value is -3.64. The maximum absolute atomic E-state index is 12.6. The zero-order chi connectivity index (χ0) is 21.9. The molecule has 0 bridgehead atoms. The summed E-state index contributed by atoms with van der Waals surface area (Å²) < 4.78 is 18.8. The van der Waals surface area contributed by atoms with Crippen LogP contribution >= 0.6 is 11.6 Å². The molecule has 0 aliphatic carbocycles. The van der Waals surface area contributed by atoms with E-state index in [1.54, 1.807) is 42.5 Å². The minimum atomic E-state index is -0.213. The Morgan fingerprint density at radius 1 is 0.969 bits per heavy atom. The van der Waals surface area contributed by atoms with Crippen LogP contribution in [0.5, 0.6) is 23.0 Å². The number of carbonyl (C=O) groups is 1. The molecule has 3 aromatic carbocycles. The van der Waals surface area contributed by atoms with Crippen LogP contribution in [0.3, 0.4) is 0 Å². The Morgan fingerprint density at radius 3 is 2.62 bits per heavy atom. The molecule has 1 aromatic heterocycles. The van der Waals surface area contributed by atoms with Gasteiger partial charge in [-0.3, -0.25) is 4.79 Å². The zero-order valence-electron chi connectivity index (χ0n) is 17.2. The lowest BCUT2D eigenvalue weighted by atomic mass is 10.2. The average molecular weight is 449 g/mol.